The van der Waals surface area contributed by atoms with Crippen molar-refractivity contribution >= 4 is 0 Å². The maximum atomic E-state index is 3.19. The van der Waals surface area contributed by atoms with E-state index in [1.54, 1.807) is 0 Å². The van der Waals surface area contributed by atoms with Gasteiger partial charge in [0, 0.05) is 18.4 Å². The Morgan fingerprint density at radius 2 is 1.65 bits per heavy atom. The molecule has 1 aliphatic rings. The molecular formula is C14H29N3. The monoisotopic (exact) mass is 239 g/mol. The molecule has 0 unspecified atom stereocenters. The van der Waals surface area contributed by atoms with Gasteiger partial charge in [0.1, 0.15) is 0 Å². The first-order valence-electron chi connectivity index (χ1n) is 7.36. The number of hydrogen-bond donors (Lipinski definition) is 2. The van der Waals surface area contributed by atoms with Crippen LogP contribution in [-0.4, -0.2) is 11.6 Å². The molecule has 3 nitrogen and oxygen atoms in total. The average molecular weight is 239 g/mol. The highest BCUT2D eigenvalue weighted by molar-refractivity contribution is 5.02. The predicted molar refractivity (Wildman–Crippen MR) is 74.0 cm³/mol. The molecule has 0 amide bonds. The van der Waals surface area contributed by atoms with Gasteiger partial charge in [-0.2, -0.15) is 0 Å². The van der Waals surface area contributed by atoms with E-state index >= 15 is 0 Å². The van der Waals surface area contributed by atoms with E-state index in [9.17, 15) is 0 Å². The van der Waals surface area contributed by atoms with Gasteiger partial charge < -0.3 is 5.43 Å². The van der Waals surface area contributed by atoms with E-state index in [0.717, 1.165) is 6.54 Å². The van der Waals surface area contributed by atoms with Crippen LogP contribution in [0.5, 0.6) is 0 Å². The summed E-state index contributed by atoms with van der Waals surface area (Å²) in [5, 5.41) is 2.26. The minimum atomic E-state index is 1.12. The Hall–Kier alpha value is -0.700. The van der Waals surface area contributed by atoms with Crippen molar-refractivity contribution in [1.82, 2.24) is 16.0 Å². The molecule has 0 spiro atoms. The van der Waals surface area contributed by atoms with E-state index in [1.165, 1.54) is 63.5 Å². The number of allylic oxidation sites excluding steroid dienone is 1. The fraction of sp³-hybridized carbons (Fsp3) is 0.857. The minimum Gasteiger partial charge on any atom is -0.309 e. The van der Waals surface area contributed by atoms with Gasteiger partial charge in [-0.25, -0.2) is 0 Å². The molecule has 0 saturated carbocycles. The van der Waals surface area contributed by atoms with Gasteiger partial charge in [-0.15, -0.1) is 5.53 Å². The fourth-order valence-electron chi connectivity index (χ4n) is 2.15. The van der Waals surface area contributed by atoms with Crippen molar-refractivity contribution in [1.29, 1.82) is 0 Å². The zero-order chi connectivity index (χ0) is 12.3. The first kappa shape index (κ1) is 14.4. The van der Waals surface area contributed by atoms with Gasteiger partial charge in [0.05, 0.1) is 0 Å². The van der Waals surface area contributed by atoms with Crippen LogP contribution in [0.2, 0.25) is 0 Å². The highest BCUT2D eigenvalue weighted by Crippen LogP contribution is 2.16. The molecule has 1 heterocycles. The summed E-state index contributed by atoms with van der Waals surface area (Å²) in [6, 6.07) is 0. The Kier molecular flexibility index (Phi) is 7.89. The van der Waals surface area contributed by atoms with Gasteiger partial charge in [-0.05, 0) is 19.3 Å². The molecule has 0 radical (unpaired) electrons. The fourth-order valence-corrected chi connectivity index (χ4v) is 2.15. The maximum Gasteiger partial charge on any atom is 0.0483 e. The van der Waals surface area contributed by atoms with Crippen molar-refractivity contribution in [2.75, 3.05) is 6.54 Å². The average Bonchev–Trinajstić information content (AvgIpc) is 2.78. The third kappa shape index (κ3) is 5.97. The summed E-state index contributed by atoms with van der Waals surface area (Å²) in [4.78, 5) is 0. The van der Waals surface area contributed by atoms with E-state index in [1.807, 2.05) is 0 Å². The van der Waals surface area contributed by atoms with Crippen molar-refractivity contribution in [3.8, 4) is 0 Å². The van der Waals surface area contributed by atoms with Crippen LogP contribution >= 0.6 is 0 Å². The van der Waals surface area contributed by atoms with Gasteiger partial charge in [0.2, 0.25) is 0 Å². The molecule has 0 fully saturated rings. The van der Waals surface area contributed by atoms with E-state index < -0.39 is 0 Å². The smallest absolute Gasteiger partial charge is 0.0483 e. The number of rotatable bonds is 10. The predicted octanol–water partition coefficient (Wildman–Crippen LogP) is 3.70. The Bertz CT molecular complexity index is 214. The molecule has 1 rings (SSSR count). The largest absolute Gasteiger partial charge is 0.309 e. The van der Waals surface area contributed by atoms with Gasteiger partial charge in [0.25, 0.3) is 0 Å². The lowest BCUT2D eigenvalue weighted by atomic mass is 10.1. The summed E-state index contributed by atoms with van der Waals surface area (Å²) in [5.41, 5.74) is 7.72. The summed E-state index contributed by atoms with van der Waals surface area (Å²) in [6.45, 7) is 5.62. The lowest BCUT2D eigenvalue weighted by Gasteiger charge is -2.20. The third-order valence-electron chi connectivity index (χ3n) is 3.31. The molecule has 1 aliphatic heterocycles. The number of nitrogens with one attached hydrogen (secondary N) is 2. The summed E-state index contributed by atoms with van der Waals surface area (Å²) in [6.07, 6.45) is 14.1. The Balaban J connectivity index is 2.05. The van der Waals surface area contributed by atoms with Crippen molar-refractivity contribution in [3.05, 3.63) is 11.9 Å². The molecule has 0 aromatic rings. The number of hydrazine groups is 2. The molecule has 2 N–H and O–H groups in total. The van der Waals surface area contributed by atoms with Crippen LogP contribution in [0.1, 0.15) is 71.6 Å². The van der Waals surface area contributed by atoms with E-state index in [4.69, 9.17) is 0 Å². The first-order chi connectivity index (χ1) is 8.38. The molecule has 0 aromatic heterocycles. The van der Waals surface area contributed by atoms with Gasteiger partial charge in [-0.3, -0.25) is 5.01 Å². The minimum absolute atomic E-state index is 1.12. The summed E-state index contributed by atoms with van der Waals surface area (Å²) in [5.74, 6) is 0. The topological polar surface area (TPSA) is 27.3 Å². The number of hydrogen-bond acceptors (Lipinski definition) is 3. The summed E-state index contributed by atoms with van der Waals surface area (Å²) >= 11 is 0. The Labute approximate surface area is 107 Å². The molecule has 3 heteroatoms. The lowest BCUT2D eigenvalue weighted by Crippen LogP contribution is -2.37. The van der Waals surface area contributed by atoms with Crippen LogP contribution in [0.4, 0.5) is 0 Å². The Morgan fingerprint density at radius 3 is 2.41 bits per heavy atom. The second kappa shape index (κ2) is 9.34. The molecule has 0 atom stereocenters. The molecular weight excluding hydrogens is 210 g/mol. The highest BCUT2D eigenvalue weighted by Gasteiger charge is 2.12. The van der Waals surface area contributed by atoms with Crippen molar-refractivity contribution < 1.29 is 0 Å². The zero-order valence-electron chi connectivity index (χ0n) is 11.6. The lowest BCUT2D eigenvalue weighted by molar-refractivity contribution is 0.239. The van der Waals surface area contributed by atoms with Crippen LogP contribution in [0.15, 0.2) is 11.9 Å². The van der Waals surface area contributed by atoms with Crippen molar-refractivity contribution in [2.24, 2.45) is 0 Å². The van der Waals surface area contributed by atoms with E-state index in [-0.39, 0.29) is 0 Å². The zero-order valence-corrected chi connectivity index (χ0v) is 11.6. The normalized spacial score (nSPS) is 14.9. The maximum absolute atomic E-state index is 3.19. The summed E-state index contributed by atoms with van der Waals surface area (Å²) in [7, 11) is 0. The van der Waals surface area contributed by atoms with E-state index in [2.05, 4.69) is 36.0 Å². The highest BCUT2D eigenvalue weighted by atomic mass is 15.7. The number of nitrogens with zero attached hydrogens (tertiary/aromatic N) is 1. The van der Waals surface area contributed by atoms with Gasteiger partial charge >= 0.3 is 0 Å². The van der Waals surface area contributed by atoms with Gasteiger partial charge in [0.15, 0.2) is 0 Å². The molecule has 17 heavy (non-hydrogen) atoms. The van der Waals surface area contributed by atoms with Crippen molar-refractivity contribution in [2.45, 2.75) is 71.6 Å². The van der Waals surface area contributed by atoms with Crippen molar-refractivity contribution in [3.63, 3.8) is 0 Å². The molecule has 0 bridgehead atoms. The third-order valence-corrected chi connectivity index (χ3v) is 3.31. The standard InChI is InChI=1S/C14H29N3/c1-3-5-7-8-9-10-11-14-13-15-16-17(14)12-6-4-2/h13,15-16H,3-12H2,1-2H3. The van der Waals surface area contributed by atoms with E-state index in [0.29, 0.717) is 0 Å². The first-order valence-corrected chi connectivity index (χ1v) is 7.36. The second-order valence-electron chi connectivity index (χ2n) is 4.91. The molecule has 0 saturated heterocycles. The SMILES string of the molecule is CCCCCCCCC1=CNNN1CCCC. The van der Waals surface area contributed by atoms with Crippen LogP contribution < -0.4 is 11.0 Å². The summed E-state index contributed by atoms with van der Waals surface area (Å²) < 4.78 is 0. The van der Waals surface area contributed by atoms with Crippen LogP contribution in [0.25, 0.3) is 0 Å². The Morgan fingerprint density at radius 1 is 0.941 bits per heavy atom. The second-order valence-corrected chi connectivity index (χ2v) is 4.91. The molecule has 0 aromatic carbocycles. The van der Waals surface area contributed by atoms with Crippen LogP contribution in [-0.2, 0) is 0 Å². The quantitative estimate of drug-likeness (QED) is 0.569. The van der Waals surface area contributed by atoms with Gasteiger partial charge in [-0.1, -0.05) is 52.4 Å². The van der Waals surface area contributed by atoms with Crippen LogP contribution in [0, 0.1) is 0 Å². The molecule has 0 aliphatic carbocycles. The number of unbranched alkanes of at least 4 members (excludes halogenated alkanes) is 6. The van der Waals surface area contributed by atoms with Crippen LogP contribution in [0.3, 0.4) is 0 Å². The molecule has 100 valence electrons.